The first-order valence-electron chi connectivity index (χ1n) is 6.22. The van der Waals surface area contributed by atoms with Crippen LogP contribution in [0.4, 0.5) is 0 Å². The Balaban J connectivity index is 1.82. The van der Waals surface area contributed by atoms with Gasteiger partial charge >= 0.3 is 5.97 Å². The Kier molecular flexibility index (Phi) is 5.08. The minimum Gasteiger partial charge on any atom is -0.459 e. The van der Waals surface area contributed by atoms with E-state index in [-0.39, 0.29) is 12.1 Å². The van der Waals surface area contributed by atoms with Gasteiger partial charge in [-0.3, -0.25) is 0 Å². The molecule has 1 fully saturated rings. The molecule has 2 rings (SSSR count). The quantitative estimate of drug-likeness (QED) is 0.619. The molecule has 1 aromatic carbocycles. The monoisotopic (exact) mass is 266 g/mol. The van der Waals surface area contributed by atoms with Gasteiger partial charge in [0, 0.05) is 11.5 Å². The van der Waals surface area contributed by atoms with Gasteiger partial charge in [-0.25, -0.2) is 4.79 Å². The third kappa shape index (κ3) is 3.75. The zero-order valence-corrected chi connectivity index (χ0v) is 11.4. The summed E-state index contributed by atoms with van der Waals surface area (Å²) >= 11 is 1.65. The summed E-state index contributed by atoms with van der Waals surface area (Å²) in [5, 5.41) is 0. The molecule has 0 aromatic heterocycles. The Morgan fingerprint density at radius 3 is 2.78 bits per heavy atom. The van der Waals surface area contributed by atoms with Crippen molar-refractivity contribution in [2.75, 3.05) is 19.5 Å². The van der Waals surface area contributed by atoms with Gasteiger partial charge in [0.05, 0.1) is 11.7 Å². The standard InChI is InChI=1S/C14H18O3S/c1-18-13-7-5-11(6-8-13)14(15)17-10-12-4-2-3-9-16-12/h5-8,12H,2-4,9-10H2,1H3. The molecule has 1 aliphatic rings. The van der Waals surface area contributed by atoms with Crippen LogP contribution in [-0.2, 0) is 9.47 Å². The highest BCUT2D eigenvalue weighted by molar-refractivity contribution is 7.98. The lowest BCUT2D eigenvalue weighted by Crippen LogP contribution is -2.25. The number of esters is 1. The van der Waals surface area contributed by atoms with Crippen LogP contribution in [0.15, 0.2) is 29.2 Å². The van der Waals surface area contributed by atoms with E-state index in [2.05, 4.69) is 0 Å². The molecule has 1 unspecified atom stereocenters. The molecule has 0 N–H and O–H groups in total. The number of benzene rings is 1. The van der Waals surface area contributed by atoms with E-state index in [1.54, 1.807) is 23.9 Å². The fourth-order valence-electron chi connectivity index (χ4n) is 1.92. The van der Waals surface area contributed by atoms with Crippen molar-refractivity contribution < 1.29 is 14.3 Å². The molecule has 0 spiro atoms. The van der Waals surface area contributed by atoms with Gasteiger partial charge in [0.15, 0.2) is 0 Å². The topological polar surface area (TPSA) is 35.5 Å². The number of carbonyl (C=O) groups excluding carboxylic acids is 1. The largest absolute Gasteiger partial charge is 0.459 e. The van der Waals surface area contributed by atoms with Crippen LogP contribution in [0.25, 0.3) is 0 Å². The summed E-state index contributed by atoms with van der Waals surface area (Å²) in [6.07, 6.45) is 5.34. The molecule has 0 amide bonds. The number of carbonyl (C=O) groups is 1. The van der Waals surface area contributed by atoms with Crippen molar-refractivity contribution in [1.29, 1.82) is 0 Å². The van der Waals surface area contributed by atoms with E-state index in [9.17, 15) is 4.79 Å². The second-order valence-electron chi connectivity index (χ2n) is 4.32. The number of thioether (sulfide) groups is 1. The fourth-order valence-corrected chi connectivity index (χ4v) is 2.33. The Morgan fingerprint density at radius 2 is 2.17 bits per heavy atom. The van der Waals surface area contributed by atoms with Crippen LogP contribution in [0.3, 0.4) is 0 Å². The highest BCUT2D eigenvalue weighted by Crippen LogP contribution is 2.16. The predicted molar refractivity (Wildman–Crippen MR) is 72.1 cm³/mol. The predicted octanol–water partition coefficient (Wildman–Crippen LogP) is 3.13. The van der Waals surface area contributed by atoms with Gasteiger partial charge in [-0.1, -0.05) is 0 Å². The van der Waals surface area contributed by atoms with Crippen molar-refractivity contribution in [3.8, 4) is 0 Å². The number of ether oxygens (including phenoxy) is 2. The van der Waals surface area contributed by atoms with Gasteiger partial charge in [-0.15, -0.1) is 11.8 Å². The third-order valence-electron chi connectivity index (χ3n) is 3.00. The normalized spacial score (nSPS) is 19.5. The first kappa shape index (κ1) is 13.4. The minimum absolute atomic E-state index is 0.0770. The Morgan fingerprint density at radius 1 is 1.39 bits per heavy atom. The van der Waals surface area contributed by atoms with Crippen molar-refractivity contribution in [1.82, 2.24) is 0 Å². The fraction of sp³-hybridized carbons (Fsp3) is 0.500. The van der Waals surface area contributed by atoms with Crippen LogP contribution in [-0.4, -0.2) is 31.5 Å². The summed E-state index contributed by atoms with van der Waals surface area (Å²) in [7, 11) is 0. The Labute approximate surface area is 112 Å². The molecular formula is C14H18O3S. The molecule has 1 aromatic rings. The second-order valence-corrected chi connectivity index (χ2v) is 5.20. The summed E-state index contributed by atoms with van der Waals surface area (Å²) in [6, 6.07) is 7.46. The zero-order valence-electron chi connectivity index (χ0n) is 10.6. The molecule has 4 heteroatoms. The van der Waals surface area contributed by atoms with E-state index >= 15 is 0 Å². The van der Waals surface area contributed by atoms with E-state index in [0.717, 1.165) is 30.8 Å². The van der Waals surface area contributed by atoms with Gasteiger partial charge in [0.2, 0.25) is 0 Å². The van der Waals surface area contributed by atoms with E-state index in [4.69, 9.17) is 9.47 Å². The van der Waals surface area contributed by atoms with Crippen molar-refractivity contribution in [2.24, 2.45) is 0 Å². The van der Waals surface area contributed by atoms with Gasteiger partial charge in [-0.2, -0.15) is 0 Å². The lowest BCUT2D eigenvalue weighted by atomic mass is 10.1. The van der Waals surface area contributed by atoms with Gasteiger partial charge in [0.1, 0.15) is 6.61 Å². The molecule has 1 saturated heterocycles. The number of hydrogen-bond donors (Lipinski definition) is 0. The lowest BCUT2D eigenvalue weighted by Gasteiger charge is -2.22. The maximum Gasteiger partial charge on any atom is 0.338 e. The summed E-state index contributed by atoms with van der Waals surface area (Å²) in [4.78, 5) is 12.9. The minimum atomic E-state index is -0.267. The van der Waals surface area contributed by atoms with Gasteiger partial charge < -0.3 is 9.47 Å². The van der Waals surface area contributed by atoms with Crippen LogP contribution < -0.4 is 0 Å². The molecule has 1 heterocycles. The number of rotatable bonds is 4. The Bertz CT molecular complexity index is 383. The van der Waals surface area contributed by atoms with Crippen LogP contribution in [0.5, 0.6) is 0 Å². The smallest absolute Gasteiger partial charge is 0.338 e. The molecule has 18 heavy (non-hydrogen) atoms. The first-order chi connectivity index (χ1) is 8.79. The van der Waals surface area contributed by atoms with E-state index in [1.165, 1.54) is 0 Å². The molecule has 0 radical (unpaired) electrons. The molecule has 1 atom stereocenters. The molecule has 1 aliphatic heterocycles. The summed E-state index contributed by atoms with van der Waals surface area (Å²) in [5.74, 6) is -0.267. The van der Waals surface area contributed by atoms with Crippen LogP contribution in [0.1, 0.15) is 29.6 Å². The van der Waals surface area contributed by atoms with Crippen LogP contribution in [0, 0.1) is 0 Å². The van der Waals surface area contributed by atoms with Crippen LogP contribution >= 0.6 is 11.8 Å². The first-order valence-corrected chi connectivity index (χ1v) is 7.45. The van der Waals surface area contributed by atoms with Crippen LogP contribution in [0.2, 0.25) is 0 Å². The summed E-state index contributed by atoms with van der Waals surface area (Å²) in [5.41, 5.74) is 0.601. The maximum absolute atomic E-state index is 11.8. The second kappa shape index (κ2) is 6.81. The molecule has 0 saturated carbocycles. The molecule has 0 aliphatic carbocycles. The lowest BCUT2D eigenvalue weighted by molar-refractivity contribution is -0.0300. The maximum atomic E-state index is 11.8. The van der Waals surface area contributed by atoms with Crippen molar-refractivity contribution >= 4 is 17.7 Å². The van der Waals surface area contributed by atoms with Crippen molar-refractivity contribution in [2.45, 2.75) is 30.3 Å². The van der Waals surface area contributed by atoms with E-state index < -0.39 is 0 Å². The van der Waals surface area contributed by atoms with E-state index in [1.807, 2.05) is 18.4 Å². The molecule has 0 bridgehead atoms. The number of hydrogen-bond acceptors (Lipinski definition) is 4. The molecule has 98 valence electrons. The van der Waals surface area contributed by atoms with Gasteiger partial charge in [0.25, 0.3) is 0 Å². The highest BCUT2D eigenvalue weighted by atomic mass is 32.2. The summed E-state index contributed by atoms with van der Waals surface area (Å²) < 4.78 is 10.8. The van der Waals surface area contributed by atoms with Gasteiger partial charge in [-0.05, 0) is 49.8 Å². The summed E-state index contributed by atoms with van der Waals surface area (Å²) in [6.45, 7) is 1.15. The zero-order chi connectivity index (χ0) is 12.8. The van der Waals surface area contributed by atoms with Crippen molar-refractivity contribution in [3.05, 3.63) is 29.8 Å². The average molecular weight is 266 g/mol. The Hall–Kier alpha value is -1.00. The SMILES string of the molecule is CSc1ccc(C(=O)OCC2CCCCO2)cc1. The molecular weight excluding hydrogens is 248 g/mol. The third-order valence-corrected chi connectivity index (χ3v) is 3.74. The van der Waals surface area contributed by atoms with Crippen molar-refractivity contribution in [3.63, 3.8) is 0 Å². The molecule has 3 nitrogen and oxygen atoms in total. The highest BCUT2D eigenvalue weighted by Gasteiger charge is 2.16. The average Bonchev–Trinajstić information content (AvgIpc) is 2.46. The van der Waals surface area contributed by atoms with E-state index in [0.29, 0.717) is 12.2 Å².